The van der Waals surface area contributed by atoms with E-state index in [0.717, 1.165) is 93.5 Å². The van der Waals surface area contributed by atoms with Gasteiger partial charge < -0.3 is 33.6 Å². The van der Waals surface area contributed by atoms with Crippen molar-refractivity contribution in [3.63, 3.8) is 0 Å². The van der Waals surface area contributed by atoms with Gasteiger partial charge in [0.2, 0.25) is 11.4 Å². The van der Waals surface area contributed by atoms with Crippen LogP contribution in [0.4, 0.5) is 0 Å². The number of fused-ring (bicyclic) bond motifs is 6. The minimum atomic E-state index is -3.92. The minimum Gasteiger partial charge on any atom is -0.748 e. The Hall–Kier alpha value is -6.72. The van der Waals surface area contributed by atoms with Gasteiger partial charge >= 0.3 is 0 Å². The Labute approximate surface area is 562 Å². The van der Waals surface area contributed by atoms with Crippen LogP contribution in [-0.2, 0) is 50.3 Å². The third kappa shape index (κ3) is 23.7. The fourth-order valence-corrected chi connectivity index (χ4v) is 11.5. The summed E-state index contributed by atoms with van der Waals surface area (Å²) in [6, 6.07) is 70.4. The molecule has 12 aromatic rings. The number of aliphatic hydroxyl groups is 2. The molecule has 11 nitrogen and oxygen atoms in total. The topological polar surface area (TPSA) is 175 Å². The molecule has 0 aliphatic heterocycles. The quantitative estimate of drug-likeness (QED) is 0.0920. The molecule has 0 aliphatic rings. The number of aliphatic hydroxyl groups excluding tert-OH is 2. The van der Waals surface area contributed by atoms with Gasteiger partial charge in [-0.3, -0.25) is 4.98 Å². The molecule has 0 unspecified atom stereocenters. The van der Waals surface area contributed by atoms with E-state index in [1.165, 1.54) is 28.3 Å². The zero-order valence-electron chi connectivity index (χ0n) is 55.1. The van der Waals surface area contributed by atoms with Crippen molar-refractivity contribution in [2.75, 3.05) is 20.5 Å². The third-order valence-corrected chi connectivity index (χ3v) is 16.0. The van der Waals surface area contributed by atoms with Crippen LogP contribution in [-0.4, -0.2) is 102 Å². The zero-order chi connectivity index (χ0) is 66.5. The largest absolute Gasteiger partial charge is 0.748 e. The molecule has 0 fully saturated rings. The maximum absolute atomic E-state index is 9.08. The van der Waals surface area contributed by atoms with Gasteiger partial charge in [-0.15, -0.1) is 107 Å². The monoisotopic (exact) mass is 1590 g/mol. The van der Waals surface area contributed by atoms with Crippen molar-refractivity contribution >= 4 is 103 Å². The summed E-state index contributed by atoms with van der Waals surface area (Å²) in [5.74, 6) is 0. The summed E-state index contributed by atoms with van der Waals surface area (Å²) in [6.45, 7) is 9.96. The zero-order valence-corrected chi connectivity index (χ0v) is 56.7. The Morgan fingerprint density at radius 1 is 0.500 bits per heavy atom. The van der Waals surface area contributed by atoms with E-state index in [1.54, 1.807) is 36.4 Å². The number of hydrogen-bond donors (Lipinski definition) is 2. The number of nitrogens with zero attached hydrogens (tertiary/aromatic N) is 4. The first kappa shape index (κ1) is 68.8. The molecule has 2 N–H and O–H groups in total. The molecule has 0 atom stereocenters. The van der Waals surface area contributed by atoms with E-state index in [9.17, 15) is 0 Å². The van der Waals surface area contributed by atoms with Crippen LogP contribution in [0.15, 0.2) is 209 Å². The van der Waals surface area contributed by atoms with Crippen LogP contribution in [0.5, 0.6) is 0 Å². The van der Waals surface area contributed by atoms with Gasteiger partial charge in [-0.2, -0.15) is 0 Å². The number of benzene rings is 6. The van der Waals surface area contributed by atoms with E-state index in [4.69, 9.17) is 50.2 Å². The van der Waals surface area contributed by atoms with Gasteiger partial charge in [-0.1, -0.05) is 156 Å². The SMILES string of the molecule is C.C.CO.CO.CS(=O)(=O)[O-].C[Si](C)(C)c1ccc[c-]c1-c1ccc2c(n1)oc1ccccc12.C[Si](C)(C)c1ccccc1-c1ccc2c(n1)oc1ccccc12.[2H]C([2H])([2H])c1ccc(-c2[c-]cccc2)nc1.[2H]C([2H])([2H])c1ccc(-c2[c-]cccc2)nc1.[B][B][B].[Ir].[Ir]. The molecule has 0 amide bonds. The van der Waals surface area contributed by atoms with Crippen molar-refractivity contribution in [2.24, 2.45) is 0 Å². The molecule has 12 rings (SSSR count). The van der Waals surface area contributed by atoms with Crippen LogP contribution in [0.3, 0.4) is 0 Å². The number of para-hydroxylation sites is 2. The fourth-order valence-electron chi connectivity index (χ4n) is 8.35. The number of rotatable bonds is 6. The Kier molecular flexibility index (Phi) is 30.2. The van der Waals surface area contributed by atoms with Gasteiger partial charge in [0, 0.05) is 133 Å². The average Bonchev–Trinajstić information content (AvgIpc) is 1.59. The summed E-state index contributed by atoms with van der Waals surface area (Å²) in [4.78, 5) is 17.8. The van der Waals surface area contributed by atoms with Gasteiger partial charge in [0.15, 0.2) is 0 Å². The van der Waals surface area contributed by atoms with E-state index in [1.807, 2.05) is 78.9 Å². The van der Waals surface area contributed by atoms with Crippen LogP contribution in [0, 0.1) is 31.9 Å². The van der Waals surface area contributed by atoms with Crippen LogP contribution in [0.2, 0.25) is 39.3 Å². The van der Waals surface area contributed by atoms with E-state index < -0.39 is 40.0 Å². The molecule has 6 aromatic heterocycles. The first-order chi connectivity index (χ1) is 42.6. The predicted molar refractivity (Wildman–Crippen MR) is 368 cm³/mol. The molecule has 6 aromatic carbocycles. The maximum atomic E-state index is 9.08. The maximum Gasteiger partial charge on any atom is 0.227 e. The van der Waals surface area contributed by atoms with Gasteiger partial charge in [-0.25, -0.2) is 13.4 Å². The number of aryl methyl sites for hydroxylation is 2. The summed E-state index contributed by atoms with van der Waals surface area (Å²) in [6.07, 6.45) is 3.39. The van der Waals surface area contributed by atoms with Crippen molar-refractivity contribution in [3.05, 3.63) is 230 Å². The molecule has 0 saturated carbocycles. The summed E-state index contributed by atoms with van der Waals surface area (Å²) < 4.78 is 82.5. The molecule has 6 heterocycles. The molecule has 0 spiro atoms. The van der Waals surface area contributed by atoms with Gasteiger partial charge in [-0.05, 0) is 71.7 Å². The molecule has 0 bridgehead atoms. The number of aromatic nitrogens is 4. The molecule has 88 heavy (non-hydrogen) atoms. The standard InChI is InChI=1S/C20H19NOSi.C20H18NOSi.2C12H10N.CH4O3S.2CH4O.2CH4.B3.2Ir/c2*1-23(2,3)19-11-7-5-9-16(19)17-13-12-15-14-8-4-6-10-18(14)22-20(15)21-17;2*1-10-7-8-12(13-9-10)11-5-3-2-4-6-11;1-5(2,3)4;2*1-2;;;1-3-2;;/h4-13H,1-3H3;4-8,10-13H,1-3H3;2*2-5,7-9H,1H3;1H3,(H,2,3,4);2*2H,1H3;2*1H4;;;/q;3*-1;;;;;;;;/p-1/i;;2*1D3;;;;;;;;. The van der Waals surface area contributed by atoms with E-state index in [0.29, 0.717) is 17.7 Å². The van der Waals surface area contributed by atoms with Crippen molar-refractivity contribution < 1.29 is 80.5 Å². The van der Waals surface area contributed by atoms with Crippen LogP contribution < -0.4 is 10.4 Å². The van der Waals surface area contributed by atoms with Crippen molar-refractivity contribution in [3.8, 4) is 45.0 Å². The summed E-state index contributed by atoms with van der Waals surface area (Å²) in [5.41, 5.74) is 11.2. The first-order valence-electron chi connectivity index (χ1n) is 29.2. The van der Waals surface area contributed by atoms with E-state index in [2.05, 4.69) is 156 Å². The van der Waals surface area contributed by atoms with E-state index >= 15 is 0 Å². The Balaban J connectivity index is 0.000000591. The number of pyridine rings is 4. The summed E-state index contributed by atoms with van der Waals surface area (Å²) in [5, 5.41) is 21.2. The molecule has 0 aliphatic carbocycles. The number of hydrogen-bond acceptors (Lipinski definition) is 11. The molecule has 7 radical (unpaired) electrons. The van der Waals surface area contributed by atoms with Gasteiger partial charge in [0.05, 0.1) is 23.9 Å². The normalized spacial score (nSPS) is 11.5. The smallest absolute Gasteiger partial charge is 0.227 e. The minimum absolute atomic E-state index is 0. The second-order valence-electron chi connectivity index (χ2n) is 20.1. The average molecular weight is 1580 g/mol. The fraction of sp³-hybridized carbons (Fsp3) is 0.188. The first-order valence-corrected chi connectivity index (χ1v) is 35.1. The number of furan rings is 2. The molecule has 19 heteroatoms. The second kappa shape index (κ2) is 38.6. The van der Waals surface area contributed by atoms with Crippen molar-refractivity contribution in [1.82, 2.24) is 19.9 Å². The van der Waals surface area contributed by atoms with Crippen molar-refractivity contribution in [2.45, 2.75) is 67.8 Å². The van der Waals surface area contributed by atoms with E-state index in [-0.39, 0.29) is 66.2 Å². The Morgan fingerprint density at radius 3 is 1.28 bits per heavy atom. The summed E-state index contributed by atoms with van der Waals surface area (Å²) in [7, 11) is 5.19. The van der Waals surface area contributed by atoms with Crippen LogP contribution in [0.25, 0.3) is 89.2 Å². The van der Waals surface area contributed by atoms with Crippen molar-refractivity contribution in [1.29, 1.82) is 0 Å². The summed E-state index contributed by atoms with van der Waals surface area (Å²) >= 11 is 0. The predicted octanol–water partition coefficient (Wildman–Crippen LogP) is 14.4. The van der Waals surface area contributed by atoms with Crippen LogP contribution in [0.1, 0.15) is 34.2 Å². The van der Waals surface area contributed by atoms with Gasteiger partial charge in [0.1, 0.15) is 11.2 Å². The molecular formula is C69H76B3Ir2N4O7SSi2-4. The Morgan fingerprint density at radius 2 is 0.875 bits per heavy atom. The van der Waals surface area contributed by atoms with Crippen LogP contribution >= 0.6 is 0 Å². The molecule has 0 saturated heterocycles. The Bertz CT molecular complexity index is 4040. The molecule has 459 valence electrons. The third-order valence-electron chi connectivity index (χ3n) is 11.9. The van der Waals surface area contributed by atoms with Gasteiger partial charge in [0.25, 0.3) is 0 Å². The molecular weight excluding hydrogens is 1500 g/mol. The second-order valence-corrected chi connectivity index (χ2v) is 31.6.